The molecule has 0 bridgehead atoms. The summed E-state index contributed by atoms with van der Waals surface area (Å²) in [7, 11) is 0. The lowest BCUT2D eigenvalue weighted by atomic mass is 10.2. The van der Waals surface area contributed by atoms with Crippen LogP contribution in [0.1, 0.15) is 33.4 Å². The van der Waals surface area contributed by atoms with Crippen molar-refractivity contribution in [3.8, 4) is 0 Å². The highest BCUT2D eigenvalue weighted by atomic mass is 79.9. The average molecular weight is 340 g/mol. The lowest BCUT2D eigenvalue weighted by molar-refractivity contribution is 0.0636. The molecule has 0 radical (unpaired) electrons. The van der Waals surface area contributed by atoms with Crippen molar-refractivity contribution in [1.29, 1.82) is 0 Å². The smallest absolute Gasteiger partial charge is 0.412 e. The van der Waals surface area contributed by atoms with E-state index < -0.39 is 11.7 Å². The summed E-state index contributed by atoms with van der Waals surface area (Å²) in [6, 6.07) is 5.71. The summed E-state index contributed by atoms with van der Waals surface area (Å²) in [6.45, 7) is 7.50. The number of hydrogen-bond donors (Lipinski definition) is 1. The van der Waals surface area contributed by atoms with Crippen LogP contribution >= 0.6 is 15.9 Å². The molecule has 0 aromatic carbocycles. The predicted molar refractivity (Wildman–Crippen MR) is 82.1 cm³/mol. The minimum Gasteiger partial charge on any atom is -0.444 e. The second-order valence-corrected chi connectivity index (χ2v) is 6.26. The van der Waals surface area contributed by atoms with E-state index in [4.69, 9.17) is 4.74 Å². The lowest BCUT2D eigenvalue weighted by Crippen LogP contribution is -2.27. The zero-order valence-electron chi connectivity index (χ0n) is 12.0. The van der Waals surface area contributed by atoms with Crippen LogP contribution in [0.4, 0.5) is 10.5 Å². The van der Waals surface area contributed by atoms with E-state index in [1.807, 2.05) is 45.9 Å². The summed E-state index contributed by atoms with van der Waals surface area (Å²) < 4.78 is 7.88. The van der Waals surface area contributed by atoms with Crippen molar-refractivity contribution in [1.82, 2.24) is 9.61 Å². The summed E-state index contributed by atoms with van der Waals surface area (Å²) in [5.41, 5.74) is 1.83. The van der Waals surface area contributed by atoms with E-state index in [0.29, 0.717) is 5.69 Å². The van der Waals surface area contributed by atoms with Crippen LogP contribution < -0.4 is 5.32 Å². The number of nitrogens with one attached hydrogen (secondary N) is 1. The van der Waals surface area contributed by atoms with Crippen molar-refractivity contribution in [2.24, 2.45) is 0 Å². The first-order valence-corrected chi connectivity index (χ1v) is 7.27. The Bertz CT molecular complexity index is 644. The van der Waals surface area contributed by atoms with Crippen LogP contribution in [0.3, 0.4) is 0 Å². The highest BCUT2D eigenvalue weighted by molar-refractivity contribution is 9.10. The Morgan fingerprint density at radius 3 is 2.75 bits per heavy atom. The van der Waals surface area contributed by atoms with Gasteiger partial charge in [0.2, 0.25) is 0 Å². The second-order valence-electron chi connectivity index (χ2n) is 5.45. The standard InChI is InChI=1S/C14H18BrN3O2/c1-5-9-12(16-13(19)20-14(2,3)4)10-7-6-8-11(15)18(10)17-9/h6-8H,5H2,1-4H3,(H,16,19). The van der Waals surface area contributed by atoms with Gasteiger partial charge in [0.25, 0.3) is 0 Å². The first kappa shape index (κ1) is 14.8. The Balaban J connectivity index is 2.38. The molecule has 0 aliphatic rings. The molecule has 2 heterocycles. The zero-order valence-corrected chi connectivity index (χ0v) is 13.6. The van der Waals surface area contributed by atoms with Crippen LogP contribution in [0.15, 0.2) is 22.8 Å². The van der Waals surface area contributed by atoms with Crippen molar-refractivity contribution < 1.29 is 9.53 Å². The van der Waals surface area contributed by atoms with E-state index >= 15 is 0 Å². The fraction of sp³-hybridized carbons (Fsp3) is 0.429. The molecule has 2 aromatic heterocycles. The molecule has 6 heteroatoms. The Hall–Kier alpha value is -1.56. The molecule has 0 aliphatic carbocycles. The van der Waals surface area contributed by atoms with Crippen molar-refractivity contribution in [3.05, 3.63) is 28.5 Å². The molecule has 0 aliphatic heterocycles. The molecule has 0 saturated carbocycles. The van der Waals surface area contributed by atoms with Crippen molar-refractivity contribution in [3.63, 3.8) is 0 Å². The highest BCUT2D eigenvalue weighted by Crippen LogP contribution is 2.26. The average Bonchev–Trinajstić information content (AvgIpc) is 2.67. The van der Waals surface area contributed by atoms with Gasteiger partial charge in [-0.15, -0.1) is 0 Å². The fourth-order valence-corrected chi connectivity index (χ4v) is 2.30. The number of halogens is 1. The van der Waals surface area contributed by atoms with Gasteiger partial charge < -0.3 is 4.74 Å². The number of carbonyl (C=O) groups is 1. The van der Waals surface area contributed by atoms with Gasteiger partial charge in [0.15, 0.2) is 0 Å². The molecule has 1 N–H and O–H groups in total. The molecular weight excluding hydrogens is 322 g/mol. The second kappa shape index (κ2) is 5.44. The van der Waals surface area contributed by atoms with E-state index in [9.17, 15) is 4.79 Å². The Morgan fingerprint density at radius 1 is 1.45 bits per heavy atom. The highest BCUT2D eigenvalue weighted by Gasteiger charge is 2.20. The van der Waals surface area contributed by atoms with Gasteiger partial charge in [0.05, 0.1) is 16.9 Å². The summed E-state index contributed by atoms with van der Waals surface area (Å²) in [5.74, 6) is 0. The SMILES string of the molecule is CCc1nn2c(Br)cccc2c1NC(=O)OC(C)(C)C. The molecule has 0 atom stereocenters. The van der Waals surface area contributed by atoms with Crippen LogP contribution in [-0.2, 0) is 11.2 Å². The number of aromatic nitrogens is 2. The number of aryl methyl sites for hydroxylation is 1. The third kappa shape index (κ3) is 3.12. The van der Waals surface area contributed by atoms with Gasteiger partial charge in [-0.05, 0) is 55.3 Å². The molecule has 0 spiro atoms. The minimum absolute atomic E-state index is 0.470. The van der Waals surface area contributed by atoms with Crippen molar-refractivity contribution >= 4 is 33.2 Å². The lowest BCUT2D eigenvalue weighted by Gasteiger charge is -2.19. The Morgan fingerprint density at radius 2 is 2.15 bits per heavy atom. The maximum Gasteiger partial charge on any atom is 0.412 e. The Kier molecular flexibility index (Phi) is 4.04. The number of anilines is 1. The van der Waals surface area contributed by atoms with E-state index in [1.165, 1.54) is 0 Å². The number of pyridine rings is 1. The first-order valence-electron chi connectivity index (χ1n) is 6.48. The number of hydrogen-bond acceptors (Lipinski definition) is 3. The van der Waals surface area contributed by atoms with Gasteiger partial charge in [0.1, 0.15) is 10.2 Å². The maximum absolute atomic E-state index is 11.9. The third-order valence-electron chi connectivity index (χ3n) is 2.64. The van der Waals surface area contributed by atoms with Gasteiger partial charge >= 0.3 is 6.09 Å². The number of fused-ring (bicyclic) bond motifs is 1. The fourth-order valence-electron chi connectivity index (χ4n) is 1.87. The van der Waals surface area contributed by atoms with Crippen LogP contribution in [0.5, 0.6) is 0 Å². The largest absolute Gasteiger partial charge is 0.444 e. The molecular formula is C14H18BrN3O2. The number of ether oxygens (including phenoxy) is 1. The molecule has 2 rings (SSSR count). The predicted octanol–water partition coefficient (Wildman–Crippen LogP) is 4.01. The maximum atomic E-state index is 11.9. The summed E-state index contributed by atoms with van der Waals surface area (Å²) in [4.78, 5) is 11.9. The minimum atomic E-state index is -0.528. The monoisotopic (exact) mass is 339 g/mol. The van der Waals surface area contributed by atoms with Gasteiger partial charge in [-0.2, -0.15) is 5.10 Å². The van der Waals surface area contributed by atoms with Crippen LogP contribution in [0.25, 0.3) is 5.52 Å². The van der Waals surface area contributed by atoms with E-state index in [0.717, 1.165) is 22.2 Å². The van der Waals surface area contributed by atoms with Gasteiger partial charge in [-0.25, -0.2) is 9.31 Å². The number of rotatable bonds is 2. The zero-order chi connectivity index (χ0) is 14.9. The number of amides is 1. The third-order valence-corrected chi connectivity index (χ3v) is 3.24. The molecule has 0 saturated heterocycles. The van der Waals surface area contributed by atoms with Crippen LogP contribution in [0.2, 0.25) is 0 Å². The van der Waals surface area contributed by atoms with E-state index in [-0.39, 0.29) is 0 Å². The number of carbonyl (C=O) groups excluding carboxylic acids is 1. The molecule has 1 amide bonds. The summed E-state index contributed by atoms with van der Waals surface area (Å²) in [6.07, 6.45) is 0.251. The molecule has 108 valence electrons. The van der Waals surface area contributed by atoms with Crippen LogP contribution in [0, 0.1) is 0 Å². The van der Waals surface area contributed by atoms with Gasteiger partial charge in [-0.1, -0.05) is 13.0 Å². The van der Waals surface area contributed by atoms with E-state index in [1.54, 1.807) is 4.52 Å². The number of nitrogens with zero attached hydrogens (tertiary/aromatic N) is 2. The summed E-state index contributed by atoms with van der Waals surface area (Å²) >= 11 is 3.45. The normalized spacial score (nSPS) is 11.7. The first-order chi connectivity index (χ1) is 9.31. The molecule has 2 aromatic rings. The van der Waals surface area contributed by atoms with Gasteiger partial charge in [0, 0.05) is 0 Å². The van der Waals surface area contributed by atoms with Crippen molar-refractivity contribution in [2.75, 3.05) is 5.32 Å². The van der Waals surface area contributed by atoms with Gasteiger partial charge in [-0.3, -0.25) is 5.32 Å². The topological polar surface area (TPSA) is 55.6 Å². The molecule has 0 fully saturated rings. The van der Waals surface area contributed by atoms with E-state index in [2.05, 4.69) is 26.3 Å². The Labute approximate surface area is 126 Å². The molecule has 0 unspecified atom stereocenters. The molecule has 20 heavy (non-hydrogen) atoms. The summed E-state index contributed by atoms with van der Waals surface area (Å²) in [5, 5.41) is 7.28. The quantitative estimate of drug-likeness (QED) is 0.841. The van der Waals surface area contributed by atoms with Crippen molar-refractivity contribution in [2.45, 2.75) is 39.7 Å². The molecule has 5 nitrogen and oxygen atoms in total. The van der Waals surface area contributed by atoms with Crippen LogP contribution in [-0.4, -0.2) is 21.3 Å².